The lowest BCUT2D eigenvalue weighted by atomic mass is 9.84. The third kappa shape index (κ3) is 6.83. The Labute approximate surface area is 208 Å². The second kappa shape index (κ2) is 11.9. The highest BCUT2D eigenvalue weighted by atomic mass is 35.5. The monoisotopic (exact) mass is 481 g/mol. The van der Waals surface area contributed by atoms with Crippen LogP contribution in [0.2, 0.25) is 5.02 Å². The van der Waals surface area contributed by atoms with Crippen molar-refractivity contribution in [2.45, 2.75) is 64.5 Å². The molecule has 0 radical (unpaired) electrons. The highest BCUT2D eigenvalue weighted by molar-refractivity contribution is 6.30. The van der Waals surface area contributed by atoms with E-state index in [9.17, 15) is 9.59 Å². The van der Waals surface area contributed by atoms with E-state index in [1.807, 2.05) is 18.2 Å². The number of carbonyl (C=O) groups is 2. The van der Waals surface area contributed by atoms with E-state index in [4.69, 9.17) is 11.6 Å². The molecular weight excluding hydrogens is 446 g/mol. The Hall–Kier alpha value is -2.37. The van der Waals surface area contributed by atoms with E-state index in [2.05, 4.69) is 28.5 Å². The molecule has 182 valence electrons. The van der Waals surface area contributed by atoms with Gasteiger partial charge < -0.3 is 10.6 Å². The van der Waals surface area contributed by atoms with Crippen LogP contribution in [0.3, 0.4) is 0 Å². The molecule has 5 nitrogen and oxygen atoms in total. The van der Waals surface area contributed by atoms with E-state index in [0.717, 1.165) is 43.7 Å². The highest BCUT2D eigenvalue weighted by Crippen LogP contribution is 2.27. The summed E-state index contributed by atoms with van der Waals surface area (Å²) in [6.45, 7) is 4.83. The van der Waals surface area contributed by atoms with E-state index < -0.39 is 0 Å². The molecule has 1 saturated heterocycles. The summed E-state index contributed by atoms with van der Waals surface area (Å²) in [5.41, 5.74) is 2.51. The second-order valence-electron chi connectivity index (χ2n) is 9.91. The molecular formula is C28H36ClN3O2. The maximum absolute atomic E-state index is 12.8. The van der Waals surface area contributed by atoms with Gasteiger partial charge in [0.05, 0.1) is 0 Å². The van der Waals surface area contributed by atoms with Gasteiger partial charge in [0.2, 0.25) is 5.91 Å². The predicted octanol–water partition coefficient (Wildman–Crippen LogP) is 5.89. The molecule has 4 rings (SSSR count). The van der Waals surface area contributed by atoms with Crippen LogP contribution < -0.4 is 10.6 Å². The molecule has 1 aliphatic heterocycles. The zero-order chi connectivity index (χ0) is 23.9. The molecule has 2 aromatic carbocycles. The lowest BCUT2D eigenvalue weighted by Crippen LogP contribution is -2.45. The topological polar surface area (TPSA) is 61.4 Å². The van der Waals surface area contributed by atoms with Crippen molar-refractivity contribution in [3.63, 3.8) is 0 Å². The van der Waals surface area contributed by atoms with Crippen molar-refractivity contribution < 1.29 is 9.59 Å². The quantitative estimate of drug-likeness (QED) is 0.518. The number of hydrogen-bond donors (Lipinski definition) is 2. The summed E-state index contributed by atoms with van der Waals surface area (Å²) >= 11 is 5.91. The van der Waals surface area contributed by atoms with Crippen LogP contribution in [0.15, 0.2) is 48.5 Å². The highest BCUT2D eigenvalue weighted by Gasteiger charge is 2.28. The number of nitrogens with one attached hydrogen (secondary N) is 2. The molecule has 2 amide bonds. The maximum Gasteiger partial charge on any atom is 0.255 e. The summed E-state index contributed by atoms with van der Waals surface area (Å²) in [5.74, 6) is 0.852. The number of rotatable bonds is 7. The summed E-state index contributed by atoms with van der Waals surface area (Å²) in [7, 11) is 0. The minimum Gasteiger partial charge on any atom is -0.353 e. The van der Waals surface area contributed by atoms with Crippen molar-refractivity contribution >= 4 is 29.1 Å². The van der Waals surface area contributed by atoms with Crippen molar-refractivity contribution in [3.05, 3.63) is 64.7 Å². The van der Waals surface area contributed by atoms with Crippen molar-refractivity contribution in [3.8, 4) is 0 Å². The van der Waals surface area contributed by atoms with Crippen LogP contribution in [0.25, 0.3) is 0 Å². The summed E-state index contributed by atoms with van der Waals surface area (Å²) in [4.78, 5) is 27.7. The first-order chi connectivity index (χ1) is 16.5. The number of carbonyl (C=O) groups excluding carboxylic acids is 2. The zero-order valence-corrected chi connectivity index (χ0v) is 20.8. The van der Waals surface area contributed by atoms with Crippen molar-refractivity contribution in [2.75, 3.05) is 18.4 Å². The Bertz CT molecular complexity index is 964. The predicted molar refractivity (Wildman–Crippen MR) is 138 cm³/mol. The first kappa shape index (κ1) is 24.7. The van der Waals surface area contributed by atoms with Crippen molar-refractivity contribution in [2.24, 2.45) is 11.8 Å². The second-order valence-corrected chi connectivity index (χ2v) is 10.3. The summed E-state index contributed by atoms with van der Waals surface area (Å²) in [6, 6.07) is 15.1. The Morgan fingerprint density at radius 3 is 2.41 bits per heavy atom. The molecule has 1 saturated carbocycles. The largest absolute Gasteiger partial charge is 0.353 e. The molecule has 2 fully saturated rings. The minimum absolute atomic E-state index is 0.118. The number of amides is 2. The number of anilines is 1. The zero-order valence-electron chi connectivity index (χ0n) is 20.1. The van der Waals surface area contributed by atoms with Crippen LogP contribution in [-0.2, 0) is 11.3 Å². The van der Waals surface area contributed by atoms with Crippen LogP contribution in [0.5, 0.6) is 0 Å². The molecule has 0 spiro atoms. The average Bonchev–Trinajstić information content (AvgIpc) is 2.85. The van der Waals surface area contributed by atoms with Gasteiger partial charge in [-0.05, 0) is 93.6 Å². The number of halogens is 1. The molecule has 2 aromatic rings. The average molecular weight is 482 g/mol. The molecule has 6 heteroatoms. The molecule has 1 heterocycles. The fourth-order valence-corrected chi connectivity index (χ4v) is 5.38. The number of likely N-dealkylation sites (tertiary alicyclic amines) is 1. The summed E-state index contributed by atoms with van der Waals surface area (Å²) in [5, 5.41) is 6.90. The van der Waals surface area contributed by atoms with Gasteiger partial charge in [-0.25, -0.2) is 0 Å². The third-order valence-corrected chi connectivity index (χ3v) is 7.63. The molecule has 2 aliphatic rings. The van der Waals surface area contributed by atoms with Gasteiger partial charge in [0.15, 0.2) is 0 Å². The van der Waals surface area contributed by atoms with Crippen LogP contribution in [0.1, 0.15) is 67.8 Å². The van der Waals surface area contributed by atoms with E-state index in [1.165, 1.54) is 32.1 Å². The van der Waals surface area contributed by atoms with E-state index in [0.29, 0.717) is 16.5 Å². The van der Waals surface area contributed by atoms with Gasteiger partial charge in [-0.2, -0.15) is 0 Å². The maximum atomic E-state index is 12.8. The minimum atomic E-state index is -0.150. The van der Waals surface area contributed by atoms with Gasteiger partial charge >= 0.3 is 0 Å². The number of benzene rings is 2. The van der Waals surface area contributed by atoms with E-state index in [1.54, 1.807) is 24.3 Å². The fraction of sp³-hybridized carbons (Fsp3) is 0.500. The smallest absolute Gasteiger partial charge is 0.255 e. The van der Waals surface area contributed by atoms with Crippen LogP contribution in [-0.4, -0.2) is 35.8 Å². The van der Waals surface area contributed by atoms with Crippen LogP contribution in [0, 0.1) is 11.8 Å². The summed E-state index contributed by atoms with van der Waals surface area (Å²) < 4.78 is 0. The van der Waals surface area contributed by atoms with Gasteiger partial charge in [-0.3, -0.25) is 14.5 Å². The molecule has 0 aromatic heterocycles. The van der Waals surface area contributed by atoms with Crippen molar-refractivity contribution in [1.82, 2.24) is 10.2 Å². The molecule has 1 atom stereocenters. The van der Waals surface area contributed by atoms with Gasteiger partial charge in [-0.15, -0.1) is 0 Å². The number of piperidine rings is 1. The Kier molecular flexibility index (Phi) is 8.63. The molecule has 2 N–H and O–H groups in total. The lowest BCUT2D eigenvalue weighted by Gasteiger charge is -2.33. The number of hydrogen-bond acceptors (Lipinski definition) is 3. The van der Waals surface area contributed by atoms with Gasteiger partial charge in [0.1, 0.15) is 0 Å². The van der Waals surface area contributed by atoms with Crippen LogP contribution in [0.4, 0.5) is 5.69 Å². The fourth-order valence-electron chi connectivity index (χ4n) is 5.26. The molecule has 0 bridgehead atoms. The summed E-state index contributed by atoms with van der Waals surface area (Å²) in [6.07, 6.45) is 8.24. The lowest BCUT2D eigenvalue weighted by molar-refractivity contribution is -0.127. The first-order valence-electron chi connectivity index (χ1n) is 12.7. The molecule has 1 unspecified atom stereocenters. The van der Waals surface area contributed by atoms with Gasteiger partial charge in [0, 0.05) is 34.8 Å². The van der Waals surface area contributed by atoms with E-state index >= 15 is 0 Å². The van der Waals surface area contributed by atoms with Gasteiger partial charge in [-0.1, -0.05) is 43.0 Å². The first-order valence-corrected chi connectivity index (χ1v) is 13.0. The molecule has 34 heavy (non-hydrogen) atoms. The molecule has 1 aliphatic carbocycles. The SMILES string of the molecule is CC(NC(=O)C1CCN(Cc2cccc(NC(=O)c3ccc(Cl)cc3)c2)CC1)C1CCCCC1. The Balaban J connectivity index is 1.24. The van der Waals surface area contributed by atoms with Crippen LogP contribution >= 0.6 is 11.6 Å². The van der Waals surface area contributed by atoms with E-state index in [-0.39, 0.29) is 23.8 Å². The third-order valence-electron chi connectivity index (χ3n) is 7.38. The van der Waals surface area contributed by atoms with Gasteiger partial charge in [0.25, 0.3) is 5.91 Å². The Morgan fingerprint density at radius 1 is 1.00 bits per heavy atom. The standard InChI is InChI=1S/C28H36ClN3O2/c1-20(22-7-3-2-4-8-22)30-27(33)24-14-16-32(17-15-24)19-21-6-5-9-26(18-21)31-28(34)23-10-12-25(29)13-11-23/h5-6,9-13,18,20,22,24H,2-4,7-8,14-17,19H2,1H3,(H,30,33)(H,31,34). The van der Waals surface area contributed by atoms with Crippen molar-refractivity contribution in [1.29, 1.82) is 0 Å². The normalized spacial score (nSPS) is 18.9. The number of nitrogens with zero attached hydrogens (tertiary/aromatic N) is 1. The Morgan fingerprint density at radius 2 is 1.71 bits per heavy atom.